The fourth-order valence-electron chi connectivity index (χ4n) is 4.89. The molecule has 10 heteroatoms. The summed E-state index contributed by atoms with van der Waals surface area (Å²) in [4.78, 5) is 47.4. The maximum atomic E-state index is 12.8. The normalized spacial score (nSPS) is 26.2. The van der Waals surface area contributed by atoms with Gasteiger partial charge in [-0.05, 0) is 42.9 Å². The zero-order valence-corrected chi connectivity index (χ0v) is 16.6. The zero-order valence-electron chi connectivity index (χ0n) is 16.6. The molecule has 2 bridgehead atoms. The van der Waals surface area contributed by atoms with Gasteiger partial charge in [-0.25, -0.2) is 4.79 Å². The van der Waals surface area contributed by atoms with Crippen molar-refractivity contribution in [3.05, 3.63) is 63.9 Å². The molecule has 0 unspecified atom stereocenters. The number of furan rings is 1. The highest BCUT2D eigenvalue weighted by atomic mass is 16.6. The van der Waals surface area contributed by atoms with Crippen LogP contribution in [0, 0.1) is 33.8 Å². The molecular formula is C22H17N3O7. The van der Waals surface area contributed by atoms with Crippen LogP contribution >= 0.6 is 0 Å². The number of nitrogens with zero attached hydrogens (tertiary/aromatic N) is 3. The largest absolute Gasteiger partial charge is 0.478 e. The summed E-state index contributed by atoms with van der Waals surface area (Å²) in [6.45, 7) is 0. The van der Waals surface area contributed by atoms with Crippen molar-refractivity contribution in [1.82, 2.24) is 5.01 Å². The molecule has 1 N–H and O–H groups in total. The van der Waals surface area contributed by atoms with Crippen molar-refractivity contribution in [2.75, 3.05) is 0 Å². The first-order valence-corrected chi connectivity index (χ1v) is 10.1. The summed E-state index contributed by atoms with van der Waals surface area (Å²) in [6, 6.07) is 6.44. The Morgan fingerprint density at radius 2 is 1.78 bits per heavy atom. The lowest BCUT2D eigenvalue weighted by atomic mass is 9.63. The minimum absolute atomic E-state index is 0.0634. The quantitative estimate of drug-likeness (QED) is 0.250. The molecule has 3 aliphatic carbocycles. The van der Waals surface area contributed by atoms with E-state index in [9.17, 15) is 29.6 Å². The second-order valence-electron chi connectivity index (χ2n) is 8.07. The Morgan fingerprint density at radius 1 is 1.12 bits per heavy atom. The van der Waals surface area contributed by atoms with Crippen LogP contribution in [0.3, 0.4) is 0 Å². The van der Waals surface area contributed by atoms with Gasteiger partial charge >= 0.3 is 5.97 Å². The number of hydrazone groups is 1. The van der Waals surface area contributed by atoms with Crippen LogP contribution in [0.4, 0.5) is 5.69 Å². The molecular weight excluding hydrogens is 418 g/mol. The van der Waals surface area contributed by atoms with Crippen LogP contribution in [0.25, 0.3) is 11.3 Å². The third-order valence-electron chi connectivity index (χ3n) is 6.37. The first-order chi connectivity index (χ1) is 15.3. The Bertz CT molecular complexity index is 1200. The molecule has 4 atom stereocenters. The minimum Gasteiger partial charge on any atom is -0.478 e. The molecule has 2 aromatic rings. The number of non-ortho nitro benzene ring substituents is 1. The summed E-state index contributed by atoms with van der Waals surface area (Å²) >= 11 is 0. The average Bonchev–Trinajstić information content (AvgIpc) is 3.36. The van der Waals surface area contributed by atoms with Gasteiger partial charge in [-0.3, -0.25) is 19.7 Å². The molecule has 1 saturated heterocycles. The van der Waals surface area contributed by atoms with Gasteiger partial charge in [0.25, 0.3) is 17.5 Å². The van der Waals surface area contributed by atoms with Crippen molar-refractivity contribution in [3.63, 3.8) is 0 Å². The van der Waals surface area contributed by atoms with Crippen molar-refractivity contribution in [1.29, 1.82) is 0 Å². The number of hydrogen-bond acceptors (Lipinski definition) is 7. The van der Waals surface area contributed by atoms with E-state index in [-0.39, 0.29) is 63.8 Å². The molecule has 1 aliphatic heterocycles. The van der Waals surface area contributed by atoms with E-state index >= 15 is 0 Å². The van der Waals surface area contributed by atoms with E-state index in [1.54, 1.807) is 0 Å². The van der Waals surface area contributed by atoms with E-state index in [0.717, 1.165) is 23.9 Å². The highest BCUT2D eigenvalue weighted by Crippen LogP contribution is 2.49. The summed E-state index contributed by atoms with van der Waals surface area (Å²) < 4.78 is 5.62. The fourth-order valence-corrected chi connectivity index (χ4v) is 4.89. The van der Waals surface area contributed by atoms with Crippen molar-refractivity contribution in [3.8, 4) is 11.3 Å². The lowest BCUT2D eigenvalue weighted by Crippen LogP contribution is -2.38. The smallest absolute Gasteiger partial charge is 0.336 e. The molecule has 162 valence electrons. The van der Waals surface area contributed by atoms with E-state index in [2.05, 4.69) is 5.10 Å². The number of allylic oxidation sites excluding steroid dienone is 2. The highest BCUT2D eigenvalue weighted by Gasteiger charge is 2.56. The number of hydrogen-bond donors (Lipinski definition) is 1. The second-order valence-corrected chi connectivity index (χ2v) is 8.07. The van der Waals surface area contributed by atoms with Gasteiger partial charge in [-0.1, -0.05) is 12.2 Å². The summed E-state index contributed by atoms with van der Waals surface area (Å²) in [6.07, 6.45) is 7.06. The molecule has 2 amide bonds. The summed E-state index contributed by atoms with van der Waals surface area (Å²) in [5.41, 5.74) is -0.478. The molecule has 0 radical (unpaired) electrons. The van der Waals surface area contributed by atoms with Gasteiger partial charge in [0.1, 0.15) is 11.5 Å². The first-order valence-electron chi connectivity index (χ1n) is 10.1. The monoisotopic (exact) mass is 435 g/mol. The maximum absolute atomic E-state index is 12.8. The number of imide groups is 1. The molecule has 1 aromatic heterocycles. The molecule has 4 aliphatic rings. The van der Waals surface area contributed by atoms with E-state index in [1.165, 1.54) is 30.5 Å². The van der Waals surface area contributed by atoms with Crippen LogP contribution < -0.4 is 0 Å². The van der Waals surface area contributed by atoms with Crippen LogP contribution in [-0.4, -0.2) is 39.0 Å². The molecule has 6 rings (SSSR count). The van der Waals surface area contributed by atoms with Gasteiger partial charge in [0, 0.05) is 17.7 Å². The lowest BCUT2D eigenvalue weighted by Gasteiger charge is -2.37. The summed E-state index contributed by atoms with van der Waals surface area (Å²) in [5.74, 6) is -2.21. The SMILES string of the molecule is O=C(O)c1cc([N+](=O)[O-])ccc1-c1ccc(/C=N\N2C(=O)[C@@H]3[C@H](C2=O)[C@H]2C=C[C@H]3CC2)o1. The minimum atomic E-state index is -1.34. The number of nitro groups is 1. The van der Waals surface area contributed by atoms with Crippen LogP contribution in [-0.2, 0) is 9.59 Å². The number of nitro benzene ring substituents is 1. The van der Waals surface area contributed by atoms with Gasteiger partial charge in [0.05, 0.1) is 28.5 Å². The van der Waals surface area contributed by atoms with Crippen LogP contribution in [0.15, 0.2) is 52.0 Å². The fraction of sp³-hybridized carbons (Fsp3) is 0.273. The van der Waals surface area contributed by atoms with Crippen LogP contribution in [0.2, 0.25) is 0 Å². The Labute approximate surface area is 181 Å². The number of fused-ring (bicyclic) bond motifs is 1. The van der Waals surface area contributed by atoms with E-state index in [0.29, 0.717) is 0 Å². The lowest BCUT2D eigenvalue weighted by molar-refractivity contribution is -0.384. The van der Waals surface area contributed by atoms with Crippen molar-refractivity contribution in [2.24, 2.45) is 28.8 Å². The number of carbonyl (C=O) groups is 3. The molecule has 2 fully saturated rings. The highest BCUT2D eigenvalue weighted by molar-refractivity contribution is 6.06. The van der Waals surface area contributed by atoms with E-state index in [1.807, 2.05) is 12.2 Å². The van der Waals surface area contributed by atoms with Gasteiger partial charge in [-0.15, -0.1) is 0 Å². The predicted octanol–water partition coefficient (Wildman–Crippen LogP) is 3.08. The number of carboxylic acid groups (broad SMARTS) is 1. The number of amides is 2. The number of aromatic carboxylic acids is 1. The van der Waals surface area contributed by atoms with Gasteiger partial charge < -0.3 is 9.52 Å². The molecule has 32 heavy (non-hydrogen) atoms. The molecule has 1 saturated carbocycles. The Balaban J connectivity index is 1.40. The number of rotatable bonds is 5. The third kappa shape index (κ3) is 3.03. The van der Waals surface area contributed by atoms with Crippen LogP contribution in [0.1, 0.15) is 29.0 Å². The Hall–Kier alpha value is -4.08. The van der Waals surface area contributed by atoms with Crippen molar-refractivity contribution in [2.45, 2.75) is 12.8 Å². The molecule has 2 heterocycles. The van der Waals surface area contributed by atoms with Crippen molar-refractivity contribution < 1.29 is 28.8 Å². The predicted molar refractivity (Wildman–Crippen MR) is 110 cm³/mol. The van der Waals surface area contributed by atoms with Crippen LogP contribution in [0.5, 0.6) is 0 Å². The number of carbonyl (C=O) groups excluding carboxylic acids is 2. The molecule has 0 spiro atoms. The summed E-state index contributed by atoms with van der Waals surface area (Å²) in [5, 5.41) is 25.3. The molecule has 1 aromatic carbocycles. The van der Waals surface area contributed by atoms with E-state index < -0.39 is 10.9 Å². The van der Waals surface area contributed by atoms with Crippen molar-refractivity contribution >= 4 is 29.7 Å². The van der Waals surface area contributed by atoms with E-state index in [4.69, 9.17) is 4.42 Å². The zero-order chi connectivity index (χ0) is 22.6. The Kier molecular flexibility index (Phi) is 4.50. The van der Waals surface area contributed by atoms with Gasteiger partial charge in [-0.2, -0.15) is 10.1 Å². The topological polar surface area (TPSA) is 143 Å². The average molecular weight is 435 g/mol. The molecule has 10 nitrogen and oxygen atoms in total. The second kappa shape index (κ2) is 7.26. The van der Waals surface area contributed by atoms with Gasteiger partial charge in [0.15, 0.2) is 0 Å². The third-order valence-corrected chi connectivity index (χ3v) is 6.37. The Morgan fingerprint density at radius 3 is 2.34 bits per heavy atom. The standard InChI is InChI=1S/C22H17N3O7/c26-20-18-11-1-2-12(4-3-11)19(18)21(27)24(20)23-10-14-6-8-17(32-14)15-7-5-13(25(30)31)9-16(15)22(28)29/h1-2,5-12,18-19H,3-4H2,(H,28,29)/b23-10-/t11-,12-,18-,19+/m0/s1. The summed E-state index contributed by atoms with van der Waals surface area (Å²) in [7, 11) is 0. The maximum Gasteiger partial charge on any atom is 0.336 e. The first kappa shape index (κ1) is 19.9. The number of carboxylic acids is 1. The van der Waals surface area contributed by atoms with Gasteiger partial charge in [0.2, 0.25) is 0 Å². The number of benzene rings is 1.